The van der Waals surface area contributed by atoms with E-state index in [1.807, 2.05) is 35.2 Å². The molecule has 2 fully saturated rings. The van der Waals surface area contributed by atoms with Gasteiger partial charge in [-0.1, -0.05) is 30.3 Å². The fourth-order valence-corrected chi connectivity index (χ4v) is 3.80. The number of amides is 2. The molecule has 0 unspecified atom stereocenters. The van der Waals surface area contributed by atoms with Crippen LogP contribution in [0.5, 0.6) is 0 Å². The highest BCUT2D eigenvalue weighted by Crippen LogP contribution is 2.16. The molecule has 2 aromatic rings. The first kappa shape index (κ1) is 18.4. The quantitative estimate of drug-likeness (QED) is 0.745. The highest BCUT2D eigenvalue weighted by atomic mass is 16.2. The number of aromatic nitrogens is 3. The van der Waals surface area contributed by atoms with Gasteiger partial charge < -0.3 is 15.1 Å². The standard InChI is InChI=1S/C19H25N7O2/c27-17(24-8-10-25(11-9-24)19-21-14-22-23-19)12-16-18(28)20-6-7-26(16)13-15-4-2-1-3-5-15/h1-5,14,16H,6-13H2,(H,20,28)(H,21,22,23)/t16-/m1/s1. The number of H-pyrrole nitrogens is 1. The largest absolute Gasteiger partial charge is 0.353 e. The zero-order valence-electron chi connectivity index (χ0n) is 15.8. The molecule has 28 heavy (non-hydrogen) atoms. The summed E-state index contributed by atoms with van der Waals surface area (Å²) in [6.07, 6.45) is 1.69. The summed E-state index contributed by atoms with van der Waals surface area (Å²) in [5.41, 5.74) is 1.15. The summed E-state index contributed by atoms with van der Waals surface area (Å²) in [7, 11) is 0. The molecule has 0 spiro atoms. The molecular formula is C19H25N7O2. The average Bonchev–Trinajstić information content (AvgIpc) is 3.26. The Morgan fingerprint density at radius 3 is 2.61 bits per heavy atom. The van der Waals surface area contributed by atoms with E-state index >= 15 is 0 Å². The first-order chi connectivity index (χ1) is 13.7. The van der Waals surface area contributed by atoms with Gasteiger partial charge in [0.25, 0.3) is 0 Å². The monoisotopic (exact) mass is 383 g/mol. The minimum Gasteiger partial charge on any atom is -0.353 e. The number of carbonyl (C=O) groups excluding carboxylic acids is 2. The van der Waals surface area contributed by atoms with Crippen LogP contribution in [0, 0.1) is 0 Å². The van der Waals surface area contributed by atoms with Crippen LogP contribution in [0.2, 0.25) is 0 Å². The third kappa shape index (κ3) is 4.14. The van der Waals surface area contributed by atoms with Crippen LogP contribution < -0.4 is 10.2 Å². The smallest absolute Gasteiger partial charge is 0.237 e. The Balaban J connectivity index is 1.35. The Morgan fingerprint density at radius 1 is 1.11 bits per heavy atom. The van der Waals surface area contributed by atoms with Gasteiger partial charge >= 0.3 is 0 Å². The molecule has 1 aromatic heterocycles. The van der Waals surface area contributed by atoms with Crippen LogP contribution in [-0.4, -0.2) is 82.1 Å². The number of carbonyl (C=O) groups is 2. The average molecular weight is 383 g/mol. The van der Waals surface area contributed by atoms with E-state index in [9.17, 15) is 9.59 Å². The van der Waals surface area contributed by atoms with Crippen LogP contribution in [0.1, 0.15) is 12.0 Å². The lowest BCUT2D eigenvalue weighted by Gasteiger charge is -2.38. The highest BCUT2D eigenvalue weighted by Gasteiger charge is 2.33. The molecule has 2 aliphatic heterocycles. The maximum atomic E-state index is 12.9. The van der Waals surface area contributed by atoms with Gasteiger partial charge in [-0.3, -0.25) is 14.5 Å². The van der Waals surface area contributed by atoms with Gasteiger partial charge in [0, 0.05) is 45.8 Å². The summed E-state index contributed by atoms with van der Waals surface area (Å²) < 4.78 is 0. The number of hydrogen-bond donors (Lipinski definition) is 2. The second kappa shape index (κ2) is 8.39. The van der Waals surface area contributed by atoms with Crippen molar-refractivity contribution in [3.63, 3.8) is 0 Å². The van der Waals surface area contributed by atoms with E-state index in [0.29, 0.717) is 39.3 Å². The molecule has 148 valence electrons. The fourth-order valence-electron chi connectivity index (χ4n) is 3.80. The van der Waals surface area contributed by atoms with Gasteiger partial charge in [0.2, 0.25) is 17.8 Å². The van der Waals surface area contributed by atoms with Crippen molar-refractivity contribution in [2.45, 2.75) is 19.0 Å². The van der Waals surface area contributed by atoms with Crippen LogP contribution in [0.25, 0.3) is 0 Å². The van der Waals surface area contributed by atoms with Crippen LogP contribution in [0.3, 0.4) is 0 Å². The molecule has 0 radical (unpaired) electrons. The maximum absolute atomic E-state index is 12.9. The SMILES string of the molecule is O=C1NCCN(Cc2ccccc2)[C@@H]1CC(=O)N1CCN(c2ncn[nH]2)CC1. The van der Waals surface area contributed by atoms with Gasteiger partial charge in [0.05, 0.1) is 12.5 Å². The van der Waals surface area contributed by atoms with Crippen LogP contribution in [0.15, 0.2) is 36.7 Å². The second-order valence-corrected chi connectivity index (χ2v) is 7.14. The van der Waals surface area contributed by atoms with Crippen molar-refractivity contribution in [3.05, 3.63) is 42.2 Å². The van der Waals surface area contributed by atoms with Crippen molar-refractivity contribution in [2.24, 2.45) is 0 Å². The molecule has 0 saturated carbocycles. The van der Waals surface area contributed by atoms with E-state index in [4.69, 9.17) is 0 Å². The zero-order valence-corrected chi connectivity index (χ0v) is 15.8. The van der Waals surface area contributed by atoms with Crippen LogP contribution >= 0.6 is 0 Å². The van der Waals surface area contributed by atoms with Gasteiger partial charge in [-0.25, -0.2) is 5.10 Å². The molecule has 2 saturated heterocycles. The Kier molecular flexibility index (Phi) is 5.52. The highest BCUT2D eigenvalue weighted by molar-refractivity contribution is 5.89. The molecule has 0 aliphatic carbocycles. The normalized spacial score (nSPS) is 20.9. The third-order valence-corrected chi connectivity index (χ3v) is 5.37. The number of hydrogen-bond acceptors (Lipinski definition) is 6. The molecule has 2 N–H and O–H groups in total. The number of anilines is 1. The number of rotatable bonds is 5. The number of benzene rings is 1. The summed E-state index contributed by atoms with van der Waals surface area (Å²) in [4.78, 5) is 35.5. The zero-order chi connectivity index (χ0) is 19.3. The number of piperazine rings is 2. The number of nitrogens with zero attached hydrogens (tertiary/aromatic N) is 5. The molecular weight excluding hydrogens is 358 g/mol. The van der Waals surface area contributed by atoms with Gasteiger partial charge in [-0.05, 0) is 5.56 Å². The second-order valence-electron chi connectivity index (χ2n) is 7.14. The first-order valence-electron chi connectivity index (χ1n) is 9.64. The Hall–Kier alpha value is -2.94. The molecule has 2 aliphatic rings. The molecule has 3 heterocycles. The van der Waals surface area contributed by atoms with Crippen molar-refractivity contribution in [1.29, 1.82) is 0 Å². The topological polar surface area (TPSA) is 97.5 Å². The lowest BCUT2D eigenvalue weighted by Crippen LogP contribution is -2.57. The third-order valence-electron chi connectivity index (χ3n) is 5.37. The van der Waals surface area contributed by atoms with Crippen molar-refractivity contribution in [2.75, 3.05) is 44.2 Å². The van der Waals surface area contributed by atoms with E-state index in [1.165, 1.54) is 6.33 Å². The predicted octanol–water partition coefficient (Wildman–Crippen LogP) is -0.156. The van der Waals surface area contributed by atoms with Crippen molar-refractivity contribution < 1.29 is 9.59 Å². The fraction of sp³-hybridized carbons (Fsp3) is 0.474. The van der Waals surface area contributed by atoms with E-state index in [1.54, 1.807) is 0 Å². The maximum Gasteiger partial charge on any atom is 0.237 e. The van der Waals surface area contributed by atoms with Gasteiger partial charge in [0.15, 0.2) is 0 Å². The molecule has 4 rings (SSSR count). The van der Waals surface area contributed by atoms with E-state index < -0.39 is 6.04 Å². The van der Waals surface area contributed by atoms with Gasteiger partial charge in [0.1, 0.15) is 6.33 Å². The molecule has 0 bridgehead atoms. The lowest BCUT2D eigenvalue weighted by atomic mass is 10.1. The van der Waals surface area contributed by atoms with Crippen LogP contribution in [-0.2, 0) is 16.1 Å². The number of nitrogens with one attached hydrogen (secondary N) is 2. The summed E-state index contributed by atoms with van der Waals surface area (Å²) >= 11 is 0. The Bertz CT molecular complexity index is 788. The van der Waals surface area contributed by atoms with E-state index in [0.717, 1.165) is 18.1 Å². The summed E-state index contributed by atoms with van der Waals surface area (Å²) in [6.45, 7) is 4.67. The van der Waals surface area contributed by atoms with Crippen molar-refractivity contribution in [3.8, 4) is 0 Å². The minimum absolute atomic E-state index is 0.0253. The Labute approximate surface area is 163 Å². The van der Waals surface area contributed by atoms with Crippen molar-refractivity contribution in [1.82, 2.24) is 30.3 Å². The first-order valence-corrected chi connectivity index (χ1v) is 9.64. The molecule has 1 aromatic carbocycles. The number of aromatic amines is 1. The molecule has 1 atom stereocenters. The molecule has 2 amide bonds. The molecule has 9 nitrogen and oxygen atoms in total. The lowest BCUT2D eigenvalue weighted by molar-refractivity contribution is -0.139. The van der Waals surface area contributed by atoms with E-state index in [2.05, 4.69) is 30.3 Å². The summed E-state index contributed by atoms with van der Waals surface area (Å²) in [5.74, 6) is 0.695. The minimum atomic E-state index is -0.422. The summed E-state index contributed by atoms with van der Waals surface area (Å²) in [6, 6.07) is 9.64. The predicted molar refractivity (Wildman–Crippen MR) is 103 cm³/mol. The van der Waals surface area contributed by atoms with Crippen molar-refractivity contribution >= 4 is 17.8 Å². The Morgan fingerprint density at radius 2 is 1.89 bits per heavy atom. The van der Waals surface area contributed by atoms with E-state index in [-0.39, 0.29) is 18.2 Å². The molecule has 9 heteroatoms. The summed E-state index contributed by atoms with van der Waals surface area (Å²) in [5, 5.41) is 9.63. The van der Waals surface area contributed by atoms with Crippen LogP contribution in [0.4, 0.5) is 5.95 Å². The van der Waals surface area contributed by atoms with Gasteiger partial charge in [-0.2, -0.15) is 10.1 Å². The van der Waals surface area contributed by atoms with Gasteiger partial charge in [-0.15, -0.1) is 0 Å².